The van der Waals surface area contributed by atoms with Crippen molar-refractivity contribution in [1.29, 1.82) is 0 Å². The number of piperidine rings is 1. The average molecular weight is 276 g/mol. The van der Waals surface area contributed by atoms with Crippen LogP contribution in [0.3, 0.4) is 0 Å². The molecule has 2 aliphatic rings. The number of hydrogen-bond acceptors (Lipinski definition) is 6. The van der Waals surface area contributed by atoms with Gasteiger partial charge >= 0.3 is 5.97 Å². The van der Waals surface area contributed by atoms with Crippen LogP contribution in [0, 0.1) is 0 Å². The summed E-state index contributed by atoms with van der Waals surface area (Å²) in [6.07, 6.45) is 8.06. The fourth-order valence-electron chi connectivity index (χ4n) is 3.24. The zero-order chi connectivity index (χ0) is 13.9. The predicted molar refractivity (Wildman–Crippen MR) is 74.6 cm³/mol. The molecule has 0 radical (unpaired) electrons. The van der Waals surface area contributed by atoms with Crippen molar-refractivity contribution in [3.05, 3.63) is 18.1 Å². The molecule has 0 saturated carbocycles. The van der Waals surface area contributed by atoms with Crippen LogP contribution in [-0.4, -0.2) is 53.1 Å². The largest absolute Gasteiger partial charge is 0.464 e. The Balaban J connectivity index is 1.70. The van der Waals surface area contributed by atoms with E-state index in [1.165, 1.54) is 39.1 Å². The number of nitrogens with zero attached hydrogens (tertiary/aromatic N) is 3. The third-order valence-electron chi connectivity index (χ3n) is 4.22. The van der Waals surface area contributed by atoms with Gasteiger partial charge in [-0.1, -0.05) is 6.42 Å². The van der Waals surface area contributed by atoms with Gasteiger partial charge in [-0.25, -0.2) is 9.78 Å². The quantitative estimate of drug-likeness (QED) is 0.839. The lowest BCUT2D eigenvalue weighted by atomic mass is 9.99. The van der Waals surface area contributed by atoms with Crippen LogP contribution < -0.4 is 5.32 Å². The summed E-state index contributed by atoms with van der Waals surface area (Å²) in [4.78, 5) is 22.4. The van der Waals surface area contributed by atoms with Gasteiger partial charge < -0.3 is 10.1 Å². The topological polar surface area (TPSA) is 67.3 Å². The summed E-state index contributed by atoms with van der Waals surface area (Å²) < 4.78 is 4.67. The van der Waals surface area contributed by atoms with Crippen molar-refractivity contribution in [3.8, 4) is 0 Å². The van der Waals surface area contributed by atoms with E-state index >= 15 is 0 Å². The zero-order valence-corrected chi connectivity index (χ0v) is 11.7. The van der Waals surface area contributed by atoms with Gasteiger partial charge in [0.25, 0.3) is 0 Å². The molecule has 0 amide bonds. The minimum Gasteiger partial charge on any atom is -0.464 e. The molecule has 6 heteroatoms. The van der Waals surface area contributed by atoms with E-state index in [9.17, 15) is 4.79 Å². The maximum Gasteiger partial charge on any atom is 0.358 e. The van der Waals surface area contributed by atoms with Gasteiger partial charge in [-0.3, -0.25) is 9.88 Å². The van der Waals surface area contributed by atoms with Crippen molar-refractivity contribution in [3.63, 3.8) is 0 Å². The van der Waals surface area contributed by atoms with Crippen LogP contribution in [0.25, 0.3) is 0 Å². The second kappa shape index (κ2) is 5.75. The van der Waals surface area contributed by atoms with Gasteiger partial charge in [0.1, 0.15) is 5.82 Å². The van der Waals surface area contributed by atoms with E-state index in [-0.39, 0.29) is 5.69 Å². The highest BCUT2D eigenvalue weighted by Crippen LogP contribution is 2.28. The number of rotatable bonds is 3. The number of methoxy groups -OCH3 is 1. The number of aromatic nitrogens is 2. The standard InChI is InChI=1S/C14H20N4O2/c1-20-14(19)11-8-15-9-13(17-11)16-10-5-7-18-6-3-2-4-12(10)18/h8-10,12H,2-7H2,1H3,(H,16,17). The molecule has 2 aliphatic heterocycles. The molecule has 0 aliphatic carbocycles. The van der Waals surface area contributed by atoms with Gasteiger partial charge in [0.05, 0.1) is 19.5 Å². The monoisotopic (exact) mass is 276 g/mol. The molecule has 2 unspecified atom stereocenters. The van der Waals surface area contributed by atoms with Crippen molar-refractivity contribution in [2.24, 2.45) is 0 Å². The molecular weight excluding hydrogens is 256 g/mol. The van der Waals surface area contributed by atoms with Crippen LogP contribution in [0.4, 0.5) is 5.82 Å². The van der Waals surface area contributed by atoms with Crippen molar-refractivity contribution >= 4 is 11.8 Å². The lowest BCUT2D eigenvalue weighted by molar-refractivity contribution is 0.0593. The van der Waals surface area contributed by atoms with Crippen molar-refractivity contribution in [1.82, 2.24) is 14.9 Å². The van der Waals surface area contributed by atoms with Crippen LogP contribution in [0.15, 0.2) is 12.4 Å². The number of fused-ring (bicyclic) bond motifs is 1. The van der Waals surface area contributed by atoms with Gasteiger partial charge in [-0.15, -0.1) is 0 Å². The van der Waals surface area contributed by atoms with Crippen LogP contribution in [0.1, 0.15) is 36.2 Å². The van der Waals surface area contributed by atoms with E-state index in [1.807, 2.05) is 0 Å². The molecule has 6 nitrogen and oxygen atoms in total. The van der Waals surface area contributed by atoms with E-state index in [2.05, 4.69) is 24.9 Å². The van der Waals surface area contributed by atoms with Crippen molar-refractivity contribution < 1.29 is 9.53 Å². The highest BCUT2D eigenvalue weighted by Gasteiger charge is 2.35. The molecule has 20 heavy (non-hydrogen) atoms. The number of carbonyl (C=O) groups is 1. The first kappa shape index (κ1) is 13.3. The molecule has 3 heterocycles. The molecule has 2 saturated heterocycles. The molecule has 0 spiro atoms. The first-order chi connectivity index (χ1) is 9.78. The summed E-state index contributed by atoms with van der Waals surface area (Å²) in [6, 6.07) is 0.991. The Kier molecular flexibility index (Phi) is 3.82. The molecule has 108 valence electrons. The van der Waals surface area contributed by atoms with E-state index < -0.39 is 5.97 Å². The van der Waals surface area contributed by atoms with Gasteiger partial charge in [-0.05, 0) is 25.8 Å². The Hall–Kier alpha value is -1.69. The van der Waals surface area contributed by atoms with Gasteiger partial charge in [0.2, 0.25) is 0 Å². The van der Waals surface area contributed by atoms with E-state index in [0.29, 0.717) is 17.9 Å². The van der Waals surface area contributed by atoms with Crippen LogP contribution in [0.5, 0.6) is 0 Å². The maximum atomic E-state index is 11.5. The number of carbonyl (C=O) groups excluding carboxylic acids is 1. The average Bonchev–Trinajstić information content (AvgIpc) is 2.90. The minimum absolute atomic E-state index is 0.246. The summed E-state index contributed by atoms with van der Waals surface area (Å²) in [6.45, 7) is 2.35. The van der Waals surface area contributed by atoms with E-state index in [0.717, 1.165) is 13.0 Å². The van der Waals surface area contributed by atoms with E-state index in [4.69, 9.17) is 0 Å². The molecule has 0 bridgehead atoms. The Morgan fingerprint density at radius 2 is 2.25 bits per heavy atom. The molecule has 1 N–H and O–H groups in total. The summed E-state index contributed by atoms with van der Waals surface area (Å²) >= 11 is 0. The van der Waals surface area contributed by atoms with Gasteiger partial charge in [0, 0.05) is 18.6 Å². The smallest absolute Gasteiger partial charge is 0.358 e. The lowest BCUT2D eigenvalue weighted by Gasteiger charge is -2.32. The number of nitrogens with one attached hydrogen (secondary N) is 1. The summed E-state index contributed by atoms with van der Waals surface area (Å²) in [7, 11) is 1.35. The molecular formula is C14H20N4O2. The highest BCUT2D eigenvalue weighted by molar-refractivity contribution is 5.87. The van der Waals surface area contributed by atoms with Crippen LogP contribution in [-0.2, 0) is 4.74 Å². The summed E-state index contributed by atoms with van der Waals surface area (Å²) in [5.41, 5.74) is 0.246. The van der Waals surface area contributed by atoms with Gasteiger partial charge in [-0.2, -0.15) is 0 Å². The third-order valence-corrected chi connectivity index (χ3v) is 4.22. The van der Waals surface area contributed by atoms with Crippen molar-refractivity contribution in [2.45, 2.75) is 37.8 Å². The predicted octanol–water partition coefficient (Wildman–Crippen LogP) is 1.30. The van der Waals surface area contributed by atoms with Gasteiger partial charge in [0.15, 0.2) is 5.69 Å². The maximum absolute atomic E-state index is 11.5. The summed E-state index contributed by atoms with van der Waals surface area (Å²) in [5, 5.41) is 3.44. The first-order valence-electron chi connectivity index (χ1n) is 7.19. The first-order valence-corrected chi connectivity index (χ1v) is 7.19. The lowest BCUT2D eigenvalue weighted by Crippen LogP contribution is -2.41. The Morgan fingerprint density at radius 1 is 1.35 bits per heavy atom. The zero-order valence-electron chi connectivity index (χ0n) is 11.7. The SMILES string of the molecule is COC(=O)c1cncc(NC2CCN3CCCCC23)n1. The normalized spacial score (nSPS) is 26.1. The fraction of sp³-hybridized carbons (Fsp3) is 0.643. The molecule has 1 aromatic heterocycles. The second-order valence-corrected chi connectivity index (χ2v) is 5.42. The number of esters is 1. The van der Waals surface area contributed by atoms with Crippen LogP contribution in [0.2, 0.25) is 0 Å². The Morgan fingerprint density at radius 3 is 3.10 bits per heavy atom. The number of ether oxygens (including phenoxy) is 1. The second-order valence-electron chi connectivity index (χ2n) is 5.42. The van der Waals surface area contributed by atoms with E-state index in [1.54, 1.807) is 6.20 Å². The molecule has 2 fully saturated rings. The molecule has 3 rings (SSSR count). The highest BCUT2D eigenvalue weighted by atomic mass is 16.5. The number of anilines is 1. The minimum atomic E-state index is -0.452. The Bertz CT molecular complexity index is 494. The Labute approximate surface area is 118 Å². The molecule has 0 aromatic carbocycles. The third kappa shape index (κ3) is 2.60. The summed E-state index contributed by atoms with van der Waals surface area (Å²) in [5.74, 6) is 0.206. The molecule has 1 aromatic rings. The van der Waals surface area contributed by atoms with Crippen LogP contribution >= 0.6 is 0 Å². The number of hydrogen-bond donors (Lipinski definition) is 1. The fourth-order valence-corrected chi connectivity index (χ4v) is 3.24. The van der Waals surface area contributed by atoms with Crippen molar-refractivity contribution in [2.75, 3.05) is 25.5 Å². The molecule has 2 atom stereocenters.